The average Bonchev–Trinajstić information content (AvgIpc) is 2.56. The number of hydrogen-bond acceptors (Lipinski definition) is 2. The van der Waals surface area contributed by atoms with Gasteiger partial charge in [0.05, 0.1) is 0 Å². The first-order valence-corrected chi connectivity index (χ1v) is 5.86. The molecule has 0 aliphatic carbocycles. The van der Waals surface area contributed by atoms with E-state index in [1.165, 1.54) is 0 Å². The first-order valence-electron chi connectivity index (χ1n) is 5.06. The highest BCUT2D eigenvalue weighted by atomic mass is 79.9. The van der Waals surface area contributed by atoms with Gasteiger partial charge in [-0.05, 0) is 28.4 Å². The standard InChI is InChI=1S/C10H12BrF3N2O2/c1-16-5-6(11)4-7(16)9(18)15-3-2-8(17)10(12,13)14/h4-5,8,17H,2-3H2,1H3,(H,15,18). The van der Waals surface area contributed by atoms with Crippen LogP contribution in [-0.2, 0) is 7.05 Å². The molecule has 8 heteroatoms. The molecule has 0 aromatic carbocycles. The molecule has 0 bridgehead atoms. The third-order valence-corrected chi connectivity index (χ3v) is 2.72. The fraction of sp³-hybridized carbons (Fsp3) is 0.500. The van der Waals surface area contributed by atoms with Crippen molar-refractivity contribution in [1.29, 1.82) is 0 Å². The second-order valence-corrected chi connectivity index (χ2v) is 4.67. The summed E-state index contributed by atoms with van der Waals surface area (Å²) in [7, 11) is 1.64. The van der Waals surface area contributed by atoms with E-state index in [0.717, 1.165) is 0 Å². The van der Waals surface area contributed by atoms with Gasteiger partial charge in [-0.25, -0.2) is 0 Å². The number of alkyl halides is 3. The van der Waals surface area contributed by atoms with Crippen LogP contribution < -0.4 is 5.32 Å². The summed E-state index contributed by atoms with van der Waals surface area (Å²) in [6, 6.07) is 1.55. The molecule has 1 unspecified atom stereocenters. The zero-order chi connectivity index (χ0) is 13.9. The van der Waals surface area contributed by atoms with Crippen LogP contribution in [0.1, 0.15) is 16.9 Å². The number of rotatable bonds is 4. The minimum atomic E-state index is -4.65. The van der Waals surface area contributed by atoms with Crippen molar-refractivity contribution >= 4 is 21.8 Å². The van der Waals surface area contributed by atoms with Crippen LogP contribution in [0.4, 0.5) is 13.2 Å². The van der Waals surface area contributed by atoms with Gasteiger partial charge in [0, 0.05) is 24.3 Å². The van der Waals surface area contributed by atoms with Crippen LogP contribution in [0.25, 0.3) is 0 Å². The van der Waals surface area contributed by atoms with Crippen molar-refractivity contribution in [3.63, 3.8) is 0 Å². The summed E-state index contributed by atoms with van der Waals surface area (Å²) in [6.07, 6.45) is -5.99. The molecule has 1 rings (SSSR count). The summed E-state index contributed by atoms with van der Waals surface area (Å²) in [5.74, 6) is -0.488. The van der Waals surface area contributed by atoms with Crippen LogP contribution >= 0.6 is 15.9 Å². The molecule has 1 amide bonds. The number of nitrogens with one attached hydrogen (secondary N) is 1. The lowest BCUT2D eigenvalue weighted by Gasteiger charge is -2.14. The maximum atomic E-state index is 12.0. The van der Waals surface area contributed by atoms with E-state index in [-0.39, 0.29) is 6.54 Å². The number of halogens is 4. The lowest BCUT2D eigenvalue weighted by atomic mass is 10.2. The van der Waals surface area contributed by atoms with Gasteiger partial charge < -0.3 is 15.0 Å². The molecule has 2 N–H and O–H groups in total. The van der Waals surface area contributed by atoms with Gasteiger partial charge in [-0.1, -0.05) is 0 Å². The molecule has 0 radical (unpaired) electrons. The monoisotopic (exact) mass is 328 g/mol. The highest BCUT2D eigenvalue weighted by Gasteiger charge is 2.37. The molecule has 102 valence electrons. The molecule has 1 atom stereocenters. The zero-order valence-electron chi connectivity index (χ0n) is 9.46. The van der Waals surface area contributed by atoms with Crippen LogP contribution in [0.5, 0.6) is 0 Å². The Kier molecular flexibility index (Phi) is 4.80. The number of hydrogen-bond donors (Lipinski definition) is 2. The Balaban J connectivity index is 2.46. The quantitative estimate of drug-likeness (QED) is 0.886. The third-order valence-electron chi connectivity index (χ3n) is 2.29. The number of carbonyl (C=O) groups is 1. The largest absolute Gasteiger partial charge is 0.414 e. The van der Waals surface area contributed by atoms with Crippen LogP contribution in [0.3, 0.4) is 0 Å². The van der Waals surface area contributed by atoms with Gasteiger partial charge in [-0.3, -0.25) is 4.79 Å². The van der Waals surface area contributed by atoms with Gasteiger partial charge in [-0.2, -0.15) is 13.2 Å². The van der Waals surface area contributed by atoms with Crippen molar-refractivity contribution in [2.75, 3.05) is 6.54 Å². The number of aliphatic hydroxyl groups is 1. The highest BCUT2D eigenvalue weighted by molar-refractivity contribution is 9.10. The van der Waals surface area contributed by atoms with Gasteiger partial charge >= 0.3 is 6.18 Å². The van der Waals surface area contributed by atoms with Crippen LogP contribution in [0.2, 0.25) is 0 Å². The van der Waals surface area contributed by atoms with E-state index in [4.69, 9.17) is 5.11 Å². The van der Waals surface area contributed by atoms with Gasteiger partial charge in [0.2, 0.25) is 0 Å². The molecule has 4 nitrogen and oxygen atoms in total. The van der Waals surface area contributed by atoms with Crippen molar-refractivity contribution < 1.29 is 23.1 Å². The van der Waals surface area contributed by atoms with E-state index >= 15 is 0 Å². The highest BCUT2D eigenvalue weighted by Crippen LogP contribution is 2.21. The summed E-state index contributed by atoms with van der Waals surface area (Å²) < 4.78 is 38.2. The van der Waals surface area contributed by atoms with E-state index in [9.17, 15) is 18.0 Å². The number of aryl methyl sites for hydroxylation is 1. The number of aromatic nitrogens is 1. The first kappa shape index (κ1) is 15.0. The maximum Gasteiger partial charge on any atom is 0.414 e. The molecule has 1 aromatic heterocycles. The normalized spacial score (nSPS) is 13.4. The summed E-state index contributed by atoms with van der Waals surface area (Å²) >= 11 is 3.18. The Morgan fingerprint density at radius 2 is 2.22 bits per heavy atom. The predicted octanol–water partition coefficient (Wildman–Crippen LogP) is 1.83. The Bertz CT molecular complexity index is 431. The number of amides is 1. The van der Waals surface area contributed by atoms with E-state index in [2.05, 4.69) is 21.2 Å². The molecule has 0 saturated heterocycles. The summed E-state index contributed by atoms with van der Waals surface area (Å²) in [4.78, 5) is 11.6. The fourth-order valence-electron chi connectivity index (χ4n) is 1.33. The lowest BCUT2D eigenvalue weighted by molar-refractivity contribution is -0.204. The molecule has 0 aliphatic heterocycles. The third kappa shape index (κ3) is 4.02. The zero-order valence-corrected chi connectivity index (χ0v) is 11.0. The van der Waals surface area contributed by atoms with Gasteiger partial charge in [0.15, 0.2) is 6.10 Å². The summed E-state index contributed by atoms with van der Waals surface area (Å²) in [6.45, 7) is -0.248. The fourth-order valence-corrected chi connectivity index (χ4v) is 1.85. The Labute approximate surface area is 110 Å². The molecular formula is C10H12BrF3N2O2. The van der Waals surface area contributed by atoms with E-state index in [0.29, 0.717) is 10.2 Å². The molecule has 0 saturated carbocycles. The van der Waals surface area contributed by atoms with Crippen LogP contribution in [0.15, 0.2) is 16.7 Å². The second kappa shape index (κ2) is 5.75. The van der Waals surface area contributed by atoms with Gasteiger partial charge in [-0.15, -0.1) is 0 Å². The van der Waals surface area contributed by atoms with E-state index in [1.54, 1.807) is 23.9 Å². The van der Waals surface area contributed by atoms with Crippen molar-refractivity contribution in [2.24, 2.45) is 7.05 Å². The minimum absolute atomic E-state index is 0.248. The smallest absolute Gasteiger partial charge is 0.384 e. The van der Waals surface area contributed by atoms with Crippen molar-refractivity contribution in [2.45, 2.75) is 18.7 Å². The Morgan fingerprint density at radius 1 is 1.61 bits per heavy atom. The van der Waals surface area contributed by atoms with Crippen molar-refractivity contribution in [3.8, 4) is 0 Å². The topological polar surface area (TPSA) is 54.3 Å². The van der Waals surface area contributed by atoms with Crippen molar-refractivity contribution in [3.05, 3.63) is 22.4 Å². The molecule has 0 fully saturated rings. The van der Waals surface area contributed by atoms with E-state index < -0.39 is 24.6 Å². The second-order valence-electron chi connectivity index (χ2n) is 3.76. The molecule has 1 aromatic rings. The van der Waals surface area contributed by atoms with Crippen LogP contribution in [-0.4, -0.2) is 34.4 Å². The molecule has 18 heavy (non-hydrogen) atoms. The predicted molar refractivity (Wildman–Crippen MR) is 62.1 cm³/mol. The molecular weight excluding hydrogens is 317 g/mol. The van der Waals surface area contributed by atoms with Gasteiger partial charge in [0.25, 0.3) is 5.91 Å². The average molecular weight is 329 g/mol. The summed E-state index contributed by atoms with van der Waals surface area (Å²) in [5, 5.41) is 11.1. The molecule has 0 spiro atoms. The Morgan fingerprint density at radius 3 is 2.67 bits per heavy atom. The minimum Gasteiger partial charge on any atom is -0.384 e. The molecule has 0 aliphatic rings. The SMILES string of the molecule is Cn1cc(Br)cc1C(=O)NCCC(O)C(F)(F)F. The van der Waals surface area contributed by atoms with Gasteiger partial charge in [0.1, 0.15) is 5.69 Å². The van der Waals surface area contributed by atoms with E-state index in [1.807, 2.05) is 0 Å². The maximum absolute atomic E-state index is 12.0. The first-order chi connectivity index (χ1) is 8.21. The molecule has 1 heterocycles. The number of aliphatic hydroxyl groups excluding tert-OH is 1. The Hall–Kier alpha value is -1.02. The summed E-state index contributed by atoms with van der Waals surface area (Å²) in [5.41, 5.74) is 0.323. The van der Waals surface area contributed by atoms with Crippen molar-refractivity contribution in [1.82, 2.24) is 9.88 Å². The number of carbonyl (C=O) groups excluding carboxylic acids is 1. The number of nitrogens with zero attached hydrogens (tertiary/aromatic N) is 1. The van der Waals surface area contributed by atoms with Crippen LogP contribution in [0, 0.1) is 0 Å². The lowest BCUT2D eigenvalue weighted by Crippen LogP contribution is -2.34.